The van der Waals surface area contributed by atoms with Crippen LogP contribution in [0.1, 0.15) is 32.3 Å². The van der Waals surface area contributed by atoms with Crippen molar-refractivity contribution < 1.29 is 4.74 Å². The molecule has 0 spiro atoms. The summed E-state index contributed by atoms with van der Waals surface area (Å²) in [6.45, 7) is 7.19. The quantitative estimate of drug-likeness (QED) is 0.321. The van der Waals surface area contributed by atoms with Crippen molar-refractivity contribution in [2.45, 2.75) is 38.8 Å². The molecule has 0 aromatic carbocycles. The van der Waals surface area contributed by atoms with Crippen LogP contribution in [0, 0.1) is 0 Å². The standard InChI is InChI=1S/C15H23ClN4O.HI/c1-3-17-14(20-11-15(2)7-4-8-21-15)19-10-12-5-6-13(16)18-9-12;/h5-6,9H,3-4,7-8,10-11H2,1-2H3,(H2,17,19,20);1H. The molecule has 0 amide bonds. The maximum Gasteiger partial charge on any atom is 0.191 e. The van der Waals surface area contributed by atoms with Crippen LogP contribution >= 0.6 is 35.6 Å². The fourth-order valence-electron chi connectivity index (χ4n) is 2.26. The third-order valence-corrected chi connectivity index (χ3v) is 3.71. The predicted octanol–water partition coefficient (Wildman–Crippen LogP) is 2.98. The van der Waals surface area contributed by atoms with Crippen molar-refractivity contribution in [3.63, 3.8) is 0 Å². The average Bonchev–Trinajstić information content (AvgIpc) is 2.91. The molecule has 0 radical (unpaired) electrons. The summed E-state index contributed by atoms with van der Waals surface area (Å²) < 4.78 is 5.77. The van der Waals surface area contributed by atoms with E-state index >= 15 is 0 Å². The summed E-state index contributed by atoms with van der Waals surface area (Å²) in [5.74, 6) is 0.796. The second-order valence-corrected chi connectivity index (χ2v) is 5.83. The third kappa shape index (κ3) is 6.26. The molecule has 22 heavy (non-hydrogen) atoms. The Kier molecular flexibility index (Phi) is 8.41. The maximum atomic E-state index is 5.78. The molecule has 124 valence electrons. The van der Waals surface area contributed by atoms with Crippen molar-refractivity contribution in [2.75, 3.05) is 19.7 Å². The molecule has 7 heteroatoms. The van der Waals surface area contributed by atoms with Crippen molar-refractivity contribution in [3.05, 3.63) is 29.0 Å². The van der Waals surface area contributed by atoms with Crippen LogP contribution in [0.4, 0.5) is 0 Å². The van der Waals surface area contributed by atoms with Gasteiger partial charge in [0.1, 0.15) is 5.15 Å². The summed E-state index contributed by atoms with van der Waals surface area (Å²) in [7, 11) is 0. The normalized spacial score (nSPS) is 21.3. The molecule has 2 heterocycles. The summed E-state index contributed by atoms with van der Waals surface area (Å²) in [4.78, 5) is 8.62. The number of aromatic nitrogens is 1. The van der Waals surface area contributed by atoms with Crippen LogP contribution in [0.25, 0.3) is 0 Å². The Morgan fingerprint density at radius 2 is 2.27 bits per heavy atom. The van der Waals surface area contributed by atoms with E-state index in [9.17, 15) is 0 Å². The second-order valence-electron chi connectivity index (χ2n) is 5.44. The molecule has 0 aliphatic carbocycles. The number of hydrogen-bond acceptors (Lipinski definition) is 3. The number of halogens is 2. The first-order valence-electron chi connectivity index (χ1n) is 7.38. The number of hydrogen-bond donors (Lipinski definition) is 2. The molecule has 0 bridgehead atoms. The summed E-state index contributed by atoms with van der Waals surface area (Å²) >= 11 is 5.78. The Labute approximate surface area is 154 Å². The Morgan fingerprint density at radius 3 is 2.86 bits per heavy atom. The van der Waals surface area contributed by atoms with Crippen molar-refractivity contribution in [2.24, 2.45) is 4.99 Å². The van der Waals surface area contributed by atoms with E-state index in [1.54, 1.807) is 12.3 Å². The summed E-state index contributed by atoms with van der Waals surface area (Å²) in [5.41, 5.74) is 0.942. The first kappa shape index (κ1) is 19.4. The Bertz CT molecular complexity index is 475. The first-order valence-corrected chi connectivity index (χ1v) is 7.76. The van der Waals surface area contributed by atoms with Crippen LogP contribution in [-0.4, -0.2) is 36.2 Å². The molecule has 1 fully saturated rings. The monoisotopic (exact) mass is 438 g/mol. The van der Waals surface area contributed by atoms with Crippen LogP contribution in [0.5, 0.6) is 0 Å². The zero-order valence-electron chi connectivity index (χ0n) is 13.1. The maximum absolute atomic E-state index is 5.78. The fourth-order valence-corrected chi connectivity index (χ4v) is 2.37. The van der Waals surface area contributed by atoms with Crippen molar-refractivity contribution in [1.29, 1.82) is 0 Å². The highest BCUT2D eigenvalue weighted by Gasteiger charge is 2.29. The molecular weight excluding hydrogens is 415 g/mol. The lowest BCUT2D eigenvalue weighted by Gasteiger charge is -2.24. The lowest BCUT2D eigenvalue weighted by Crippen LogP contribution is -2.45. The minimum atomic E-state index is -0.0853. The molecule has 1 aromatic heterocycles. The average molecular weight is 439 g/mol. The van der Waals surface area contributed by atoms with Gasteiger partial charge in [-0.15, -0.1) is 24.0 Å². The molecule has 0 saturated carbocycles. The van der Waals surface area contributed by atoms with E-state index in [0.29, 0.717) is 11.7 Å². The smallest absolute Gasteiger partial charge is 0.191 e. The van der Waals surface area contributed by atoms with Gasteiger partial charge < -0.3 is 15.4 Å². The van der Waals surface area contributed by atoms with Gasteiger partial charge in [-0.25, -0.2) is 9.98 Å². The minimum Gasteiger partial charge on any atom is -0.373 e. The van der Waals surface area contributed by atoms with Crippen LogP contribution in [-0.2, 0) is 11.3 Å². The zero-order chi connectivity index (χ0) is 15.1. The number of aliphatic imine (C=N–C) groups is 1. The molecular formula is C15H24ClIN4O. The third-order valence-electron chi connectivity index (χ3n) is 3.48. The minimum absolute atomic E-state index is 0. The van der Waals surface area contributed by atoms with Gasteiger partial charge in [0, 0.05) is 25.9 Å². The van der Waals surface area contributed by atoms with E-state index in [2.05, 4.69) is 34.5 Å². The highest BCUT2D eigenvalue weighted by atomic mass is 127. The SMILES string of the molecule is CCNC(=NCc1ccc(Cl)nc1)NCC1(C)CCCO1.I. The van der Waals surface area contributed by atoms with Gasteiger partial charge in [0.2, 0.25) is 0 Å². The van der Waals surface area contributed by atoms with Crippen LogP contribution in [0.15, 0.2) is 23.3 Å². The van der Waals surface area contributed by atoms with Crippen molar-refractivity contribution in [3.8, 4) is 0 Å². The van der Waals surface area contributed by atoms with Crippen LogP contribution in [0.2, 0.25) is 5.15 Å². The molecule has 5 nitrogen and oxygen atoms in total. The summed E-state index contributed by atoms with van der Waals surface area (Å²) in [5, 5.41) is 7.09. The number of ether oxygens (including phenoxy) is 1. The Hall–Kier alpha value is -0.600. The second kappa shape index (κ2) is 9.52. The van der Waals surface area contributed by atoms with E-state index in [0.717, 1.165) is 44.1 Å². The van der Waals surface area contributed by atoms with Gasteiger partial charge >= 0.3 is 0 Å². The first-order chi connectivity index (χ1) is 10.1. The molecule has 2 N–H and O–H groups in total. The van der Waals surface area contributed by atoms with Crippen LogP contribution in [0.3, 0.4) is 0 Å². The van der Waals surface area contributed by atoms with Gasteiger partial charge in [-0.3, -0.25) is 0 Å². The number of pyridine rings is 1. The molecule has 1 saturated heterocycles. The Balaban J connectivity index is 0.00000242. The van der Waals surface area contributed by atoms with E-state index in [1.165, 1.54) is 0 Å². The molecule has 1 aliphatic heterocycles. The van der Waals surface area contributed by atoms with E-state index < -0.39 is 0 Å². The van der Waals surface area contributed by atoms with Crippen LogP contribution < -0.4 is 10.6 Å². The largest absolute Gasteiger partial charge is 0.373 e. The lowest BCUT2D eigenvalue weighted by atomic mass is 10.0. The molecule has 1 atom stereocenters. The molecule has 2 rings (SSSR count). The predicted molar refractivity (Wildman–Crippen MR) is 101 cm³/mol. The highest BCUT2D eigenvalue weighted by Crippen LogP contribution is 2.23. The van der Waals surface area contributed by atoms with E-state index in [-0.39, 0.29) is 29.6 Å². The Morgan fingerprint density at radius 1 is 1.45 bits per heavy atom. The molecule has 1 unspecified atom stereocenters. The zero-order valence-corrected chi connectivity index (χ0v) is 16.1. The summed E-state index contributed by atoms with van der Waals surface area (Å²) in [6, 6.07) is 3.71. The van der Waals surface area contributed by atoms with E-state index in [1.807, 2.05) is 6.07 Å². The summed E-state index contributed by atoms with van der Waals surface area (Å²) in [6.07, 6.45) is 3.96. The van der Waals surface area contributed by atoms with Gasteiger partial charge in [0.05, 0.1) is 12.1 Å². The fraction of sp³-hybridized carbons (Fsp3) is 0.600. The van der Waals surface area contributed by atoms with E-state index in [4.69, 9.17) is 16.3 Å². The number of guanidine groups is 1. The molecule has 1 aromatic rings. The molecule has 1 aliphatic rings. The van der Waals surface area contributed by atoms with Crippen molar-refractivity contribution in [1.82, 2.24) is 15.6 Å². The van der Waals surface area contributed by atoms with Gasteiger partial charge in [0.25, 0.3) is 0 Å². The number of nitrogens with zero attached hydrogens (tertiary/aromatic N) is 2. The lowest BCUT2D eigenvalue weighted by molar-refractivity contribution is 0.0243. The van der Waals surface area contributed by atoms with Crippen molar-refractivity contribution >= 4 is 41.5 Å². The number of rotatable bonds is 5. The number of nitrogens with one attached hydrogen (secondary N) is 2. The van der Waals surface area contributed by atoms with Gasteiger partial charge in [-0.2, -0.15) is 0 Å². The van der Waals surface area contributed by atoms with Gasteiger partial charge in [0.15, 0.2) is 5.96 Å². The van der Waals surface area contributed by atoms with Gasteiger partial charge in [-0.1, -0.05) is 17.7 Å². The van der Waals surface area contributed by atoms with Gasteiger partial charge in [-0.05, 0) is 38.3 Å². The highest BCUT2D eigenvalue weighted by molar-refractivity contribution is 14.0. The topological polar surface area (TPSA) is 58.5 Å².